The van der Waals surface area contributed by atoms with Crippen molar-refractivity contribution >= 4 is 15.7 Å². The summed E-state index contributed by atoms with van der Waals surface area (Å²) in [7, 11) is -1.82. The first kappa shape index (κ1) is 18.6. The topological polar surface area (TPSA) is 74.8 Å². The molecule has 0 aliphatic carbocycles. The van der Waals surface area contributed by atoms with Crippen LogP contribution in [-0.2, 0) is 10.0 Å². The quantitative estimate of drug-likeness (QED) is 0.782. The molecule has 1 N–H and O–H groups in total. The second-order valence-corrected chi connectivity index (χ2v) is 7.88. The molecule has 2 aromatic rings. The SMILES string of the molecule is COc1ccc(N2CCN(CCNS(=O)(=O)c3cccnc3)CC2)cc1. The van der Waals surface area contributed by atoms with Crippen molar-refractivity contribution in [3.8, 4) is 5.75 Å². The van der Waals surface area contributed by atoms with Crippen LogP contribution in [0.4, 0.5) is 5.69 Å². The van der Waals surface area contributed by atoms with Crippen LogP contribution in [0.3, 0.4) is 0 Å². The third-order valence-corrected chi connectivity index (χ3v) is 5.92. The number of benzene rings is 1. The number of pyridine rings is 1. The Morgan fingerprint density at radius 2 is 1.85 bits per heavy atom. The number of ether oxygens (including phenoxy) is 1. The van der Waals surface area contributed by atoms with Crippen molar-refractivity contribution in [1.29, 1.82) is 0 Å². The molecular formula is C18H24N4O3S. The largest absolute Gasteiger partial charge is 0.497 e. The molecule has 1 aromatic carbocycles. The van der Waals surface area contributed by atoms with Gasteiger partial charge in [-0.15, -0.1) is 0 Å². The Hall–Kier alpha value is -2.16. The van der Waals surface area contributed by atoms with E-state index in [1.165, 1.54) is 11.9 Å². The first-order chi connectivity index (χ1) is 12.6. The minimum absolute atomic E-state index is 0.198. The highest BCUT2D eigenvalue weighted by atomic mass is 32.2. The fourth-order valence-electron chi connectivity index (χ4n) is 2.95. The molecule has 1 aromatic heterocycles. The van der Waals surface area contributed by atoms with Crippen LogP contribution in [0.1, 0.15) is 0 Å². The van der Waals surface area contributed by atoms with E-state index in [9.17, 15) is 8.42 Å². The molecule has 0 amide bonds. The summed E-state index contributed by atoms with van der Waals surface area (Å²) in [6, 6.07) is 11.2. The lowest BCUT2D eigenvalue weighted by Crippen LogP contribution is -2.48. The molecule has 1 aliphatic rings. The van der Waals surface area contributed by atoms with E-state index < -0.39 is 10.0 Å². The van der Waals surface area contributed by atoms with E-state index in [0.717, 1.165) is 31.9 Å². The van der Waals surface area contributed by atoms with Crippen molar-refractivity contribution in [2.24, 2.45) is 0 Å². The van der Waals surface area contributed by atoms with E-state index in [0.29, 0.717) is 13.1 Å². The number of methoxy groups -OCH3 is 1. The van der Waals surface area contributed by atoms with Crippen molar-refractivity contribution in [2.45, 2.75) is 4.90 Å². The molecule has 2 heterocycles. The first-order valence-electron chi connectivity index (χ1n) is 8.59. The maximum absolute atomic E-state index is 12.2. The predicted molar refractivity (Wildman–Crippen MR) is 101 cm³/mol. The summed E-state index contributed by atoms with van der Waals surface area (Å²) in [6.07, 6.45) is 2.91. The summed E-state index contributed by atoms with van der Waals surface area (Å²) in [4.78, 5) is 8.65. The molecule has 0 bridgehead atoms. The Labute approximate surface area is 154 Å². The number of rotatable bonds is 7. The standard InChI is InChI=1S/C18H24N4O3S/c1-25-17-6-4-16(5-7-17)22-13-11-21(12-14-22)10-9-20-26(23,24)18-3-2-8-19-15-18/h2-8,15,20H,9-14H2,1H3. The van der Waals surface area contributed by atoms with E-state index in [1.807, 2.05) is 12.1 Å². The number of anilines is 1. The second-order valence-electron chi connectivity index (χ2n) is 6.11. The number of nitrogens with zero attached hydrogens (tertiary/aromatic N) is 3. The molecule has 140 valence electrons. The molecule has 1 fully saturated rings. The lowest BCUT2D eigenvalue weighted by atomic mass is 10.2. The van der Waals surface area contributed by atoms with Gasteiger partial charge in [0.05, 0.1) is 7.11 Å². The summed E-state index contributed by atoms with van der Waals surface area (Å²) < 4.78 is 32.2. The van der Waals surface area contributed by atoms with Crippen molar-refractivity contribution < 1.29 is 13.2 Å². The predicted octanol–water partition coefficient (Wildman–Crippen LogP) is 1.19. The van der Waals surface area contributed by atoms with Gasteiger partial charge in [0.2, 0.25) is 10.0 Å². The molecule has 1 saturated heterocycles. The van der Waals surface area contributed by atoms with Gasteiger partial charge in [0.15, 0.2) is 0 Å². The minimum atomic E-state index is -3.48. The van der Waals surface area contributed by atoms with Crippen molar-refractivity contribution in [1.82, 2.24) is 14.6 Å². The van der Waals surface area contributed by atoms with Crippen LogP contribution >= 0.6 is 0 Å². The molecule has 8 heteroatoms. The zero-order valence-corrected chi connectivity index (χ0v) is 15.7. The highest BCUT2D eigenvalue weighted by molar-refractivity contribution is 7.89. The highest BCUT2D eigenvalue weighted by Crippen LogP contribution is 2.20. The molecule has 3 rings (SSSR count). The van der Waals surface area contributed by atoms with Gasteiger partial charge in [0.25, 0.3) is 0 Å². The van der Waals surface area contributed by atoms with Gasteiger partial charge >= 0.3 is 0 Å². The molecule has 0 radical (unpaired) electrons. The van der Waals surface area contributed by atoms with Crippen LogP contribution in [0.15, 0.2) is 53.7 Å². The maximum atomic E-state index is 12.2. The molecule has 0 spiro atoms. The lowest BCUT2D eigenvalue weighted by molar-refractivity contribution is 0.262. The molecule has 7 nitrogen and oxygen atoms in total. The molecule has 0 saturated carbocycles. The summed E-state index contributed by atoms with van der Waals surface area (Å²) in [5.74, 6) is 0.855. The van der Waals surface area contributed by atoms with Gasteiger partial charge in [-0.3, -0.25) is 9.88 Å². The lowest BCUT2D eigenvalue weighted by Gasteiger charge is -2.36. The monoisotopic (exact) mass is 376 g/mol. The van der Waals surface area contributed by atoms with Gasteiger partial charge in [-0.25, -0.2) is 13.1 Å². The van der Waals surface area contributed by atoms with E-state index in [2.05, 4.69) is 31.6 Å². The van der Waals surface area contributed by atoms with Gasteiger partial charge in [-0.2, -0.15) is 0 Å². The summed E-state index contributed by atoms with van der Waals surface area (Å²) in [6.45, 7) is 4.72. The Balaban J connectivity index is 1.44. The van der Waals surface area contributed by atoms with Gasteiger partial charge in [-0.05, 0) is 36.4 Å². The number of aromatic nitrogens is 1. The second kappa shape index (κ2) is 8.48. The van der Waals surface area contributed by atoms with Crippen LogP contribution in [0, 0.1) is 0 Å². The Kier molecular flexibility index (Phi) is 6.08. The van der Waals surface area contributed by atoms with Crippen LogP contribution in [0.25, 0.3) is 0 Å². The molecule has 1 aliphatic heterocycles. The van der Waals surface area contributed by atoms with E-state index >= 15 is 0 Å². The smallest absolute Gasteiger partial charge is 0.242 e. The summed E-state index contributed by atoms with van der Waals surface area (Å²) in [5, 5.41) is 0. The third-order valence-electron chi connectivity index (χ3n) is 4.47. The van der Waals surface area contributed by atoms with Crippen LogP contribution < -0.4 is 14.4 Å². The molecular weight excluding hydrogens is 352 g/mol. The van der Waals surface area contributed by atoms with Crippen molar-refractivity contribution in [3.63, 3.8) is 0 Å². The molecule has 0 unspecified atom stereocenters. The number of hydrogen-bond donors (Lipinski definition) is 1. The summed E-state index contributed by atoms with van der Waals surface area (Å²) in [5.41, 5.74) is 1.18. The zero-order chi connectivity index (χ0) is 18.4. The van der Waals surface area contributed by atoms with Crippen molar-refractivity contribution in [3.05, 3.63) is 48.8 Å². The maximum Gasteiger partial charge on any atom is 0.242 e. The number of sulfonamides is 1. The van der Waals surface area contributed by atoms with Gasteiger partial charge in [0, 0.05) is 57.3 Å². The average molecular weight is 376 g/mol. The molecule has 0 atom stereocenters. The van der Waals surface area contributed by atoms with E-state index in [1.54, 1.807) is 25.4 Å². The van der Waals surface area contributed by atoms with Crippen LogP contribution in [0.5, 0.6) is 5.75 Å². The zero-order valence-electron chi connectivity index (χ0n) is 14.8. The summed E-state index contributed by atoms with van der Waals surface area (Å²) >= 11 is 0. The third kappa shape index (κ3) is 4.72. The Bertz CT molecular complexity index is 789. The number of nitrogens with one attached hydrogen (secondary N) is 1. The number of piperazine rings is 1. The highest BCUT2D eigenvalue weighted by Gasteiger charge is 2.18. The van der Waals surface area contributed by atoms with Gasteiger partial charge < -0.3 is 9.64 Å². The van der Waals surface area contributed by atoms with E-state index in [4.69, 9.17) is 4.74 Å². The molecule has 26 heavy (non-hydrogen) atoms. The number of hydrogen-bond acceptors (Lipinski definition) is 6. The van der Waals surface area contributed by atoms with Crippen LogP contribution in [0.2, 0.25) is 0 Å². The first-order valence-corrected chi connectivity index (χ1v) is 10.1. The Morgan fingerprint density at radius 3 is 2.46 bits per heavy atom. The fourth-order valence-corrected chi connectivity index (χ4v) is 3.93. The Morgan fingerprint density at radius 1 is 1.12 bits per heavy atom. The normalized spacial score (nSPS) is 15.8. The van der Waals surface area contributed by atoms with Crippen molar-refractivity contribution in [2.75, 3.05) is 51.3 Å². The minimum Gasteiger partial charge on any atom is -0.497 e. The van der Waals surface area contributed by atoms with Gasteiger partial charge in [-0.1, -0.05) is 0 Å². The van der Waals surface area contributed by atoms with E-state index in [-0.39, 0.29) is 4.90 Å². The van der Waals surface area contributed by atoms with Gasteiger partial charge in [0.1, 0.15) is 10.6 Å². The average Bonchev–Trinajstić information content (AvgIpc) is 2.69. The van der Waals surface area contributed by atoms with Crippen LogP contribution in [-0.4, -0.2) is 64.7 Å². The fraction of sp³-hybridized carbons (Fsp3) is 0.389.